The topological polar surface area (TPSA) is 208 Å². The Hall–Kier alpha value is -3.91. The molecule has 49 heavy (non-hydrogen) atoms. The largest absolute Gasteiger partial charge is 0.347 e. The number of carbonyl (C=O) groups excluding carboxylic acids is 6. The third-order valence-corrected chi connectivity index (χ3v) is 10.6. The Labute approximate surface area is 287 Å². The number of rotatable bonds is 14. The van der Waals surface area contributed by atoms with Crippen LogP contribution in [0.2, 0.25) is 0 Å². The van der Waals surface area contributed by atoms with E-state index in [1.165, 1.54) is 0 Å². The molecule has 5 N–H and O–H groups in total. The molecule has 5 rings (SSSR count). The summed E-state index contributed by atoms with van der Waals surface area (Å²) in [5, 5.41) is 24.8. The third-order valence-electron chi connectivity index (χ3n) is 10.6. The standard InChI is InChI=1S/C34H53N9O6/c1-5-10-23(28(45)32(48)35-21-15-16-21)36-31(47)27-22-14-9-13-20(22)18-43(27)33(49)29(34(2,3)4)38-30(46)26(19-11-7-6-8-12-19)37-25(44)17-24-39-41-42-40-24/h19-23,26-27,29H,5-18H2,1-4H3,(H,35,48)(H,36,47)(H,37,44)(H,38,46)(H,39,40,41,42)/t20?,22?,23?,26-,27+,29-/m1/s1. The Kier molecular flexibility index (Phi) is 11.7. The third kappa shape index (κ3) is 9.01. The Morgan fingerprint density at radius 2 is 1.65 bits per heavy atom. The van der Waals surface area contributed by atoms with E-state index in [1.54, 1.807) is 4.90 Å². The van der Waals surface area contributed by atoms with E-state index in [-0.39, 0.29) is 41.9 Å². The number of nitrogens with zero attached hydrogens (tertiary/aromatic N) is 4. The average Bonchev–Trinajstić information content (AvgIpc) is 3.38. The van der Waals surface area contributed by atoms with Gasteiger partial charge in [-0.2, -0.15) is 0 Å². The molecule has 1 aromatic heterocycles. The summed E-state index contributed by atoms with van der Waals surface area (Å²) in [7, 11) is 0. The summed E-state index contributed by atoms with van der Waals surface area (Å²) in [4.78, 5) is 83.1. The zero-order valence-corrected chi connectivity index (χ0v) is 29.3. The van der Waals surface area contributed by atoms with Crippen LogP contribution in [0.3, 0.4) is 0 Å². The van der Waals surface area contributed by atoms with Gasteiger partial charge < -0.3 is 26.2 Å². The maximum atomic E-state index is 14.6. The fourth-order valence-electron chi connectivity index (χ4n) is 7.87. The van der Waals surface area contributed by atoms with E-state index in [0.29, 0.717) is 19.4 Å². The van der Waals surface area contributed by atoms with Gasteiger partial charge in [0, 0.05) is 12.6 Å². The van der Waals surface area contributed by atoms with Crippen LogP contribution in [0.4, 0.5) is 0 Å². The number of hydrogen-bond donors (Lipinski definition) is 5. The second kappa shape index (κ2) is 15.8. The zero-order chi connectivity index (χ0) is 35.3. The molecule has 0 radical (unpaired) electrons. The molecule has 1 saturated heterocycles. The van der Waals surface area contributed by atoms with Crippen LogP contribution >= 0.6 is 0 Å². The lowest BCUT2D eigenvalue weighted by Crippen LogP contribution is -2.62. The second-order valence-electron chi connectivity index (χ2n) is 15.5. The number of ketones is 1. The number of hydrogen-bond acceptors (Lipinski definition) is 9. The molecule has 3 saturated carbocycles. The summed E-state index contributed by atoms with van der Waals surface area (Å²) in [6, 6.07) is -3.66. The van der Waals surface area contributed by atoms with Gasteiger partial charge in [-0.3, -0.25) is 28.8 Å². The van der Waals surface area contributed by atoms with Gasteiger partial charge in [-0.05, 0) is 78.5 Å². The number of tetrazole rings is 1. The Morgan fingerprint density at radius 3 is 2.29 bits per heavy atom. The number of aromatic nitrogens is 4. The van der Waals surface area contributed by atoms with E-state index in [9.17, 15) is 28.8 Å². The number of H-pyrrole nitrogens is 1. The molecule has 3 unspecified atom stereocenters. The average molecular weight is 684 g/mol. The smallest absolute Gasteiger partial charge is 0.289 e. The molecule has 5 amide bonds. The highest BCUT2D eigenvalue weighted by Gasteiger charge is 2.52. The van der Waals surface area contributed by atoms with E-state index in [0.717, 1.165) is 64.2 Å². The van der Waals surface area contributed by atoms with Gasteiger partial charge in [0.15, 0.2) is 5.82 Å². The van der Waals surface area contributed by atoms with Gasteiger partial charge in [-0.1, -0.05) is 59.8 Å². The van der Waals surface area contributed by atoms with Crippen molar-refractivity contribution in [3.63, 3.8) is 0 Å². The quantitative estimate of drug-likeness (QED) is 0.178. The van der Waals surface area contributed by atoms with Crippen molar-refractivity contribution in [1.29, 1.82) is 0 Å². The summed E-state index contributed by atoms with van der Waals surface area (Å²) in [6.45, 7) is 7.84. The molecule has 0 aromatic carbocycles. The molecule has 15 heteroatoms. The minimum atomic E-state index is -0.993. The molecule has 1 aliphatic heterocycles. The van der Waals surface area contributed by atoms with Crippen molar-refractivity contribution in [2.45, 2.75) is 141 Å². The van der Waals surface area contributed by atoms with Gasteiger partial charge in [-0.15, -0.1) is 5.10 Å². The van der Waals surface area contributed by atoms with Crippen molar-refractivity contribution in [2.75, 3.05) is 6.54 Å². The van der Waals surface area contributed by atoms with E-state index < -0.39 is 59.0 Å². The molecule has 15 nitrogen and oxygen atoms in total. The fraction of sp³-hybridized carbons (Fsp3) is 0.794. The van der Waals surface area contributed by atoms with Gasteiger partial charge in [0.05, 0.1) is 12.5 Å². The molecular weight excluding hydrogens is 630 g/mol. The first kappa shape index (κ1) is 36.4. The Bertz CT molecular complexity index is 1370. The van der Waals surface area contributed by atoms with Crippen LogP contribution < -0.4 is 21.3 Å². The molecule has 2 heterocycles. The number of amides is 5. The SMILES string of the molecule is CCCC(NC(=O)[C@@H]1C2CCCC2CN1C(=O)[C@@H](NC(=O)[C@H](NC(=O)Cc1nnn[nH]1)C1CCCCC1)C(C)(C)C)C(=O)C(=O)NC1CC1. The van der Waals surface area contributed by atoms with Crippen LogP contribution in [0.15, 0.2) is 0 Å². The summed E-state index contributed by atoms with van der Waals surface area (Å²) < 4.78 is 0. The number of carbonyl (C=O) groups is 6. The fourth-order valence-corrected chi connectivity index (χ4v) is 7.87. The Morgan fingerprint density at radius 1 is 0.918 bits per heavy atom. The number of nitrogens with one attached hydrogen (secondary N) is 5. The van der Waals surface area contributed by atoms with Crippen molar-refractivity contribution in [3.8, 4) is 0 Å². The van der Waals surface area contributed by atoms with E-state index in [4.69, 9.17) is 0 Å². The minimum Gasteiger partial charge on any atom is -0.347 e. The highest BCUT2D eigenvalue weighted by atomic mass is 16.2. The van der Waals surface area contributed by atoms with Gasteiger partial charge in [-0.25, -0.2) is 5.10 Å². The van der Waals surface area contributed by atoms with E-state index in [2.05, 4.69) is 41.9 Å². The molecule has 4 fully saturated rings. The first-order chi connectivity index (χ1) is 23.4. The summed E-state index contributed by atoms with van der Waals surface area (Å²) in [5.41, 5.74) is -0.736. The normalized spacial score (nSPS) is 24.3. The summed E-state index contributed by atoms with van der Waals surface area (Å²) >= 11 is 0. The van der Waals surface area contributed by atoms with Crippen LogP contribution in [0.5, 0.6) is 0 Å². The lowest BCUT2D eigenvalue weighted by atomic mass is 9.82. The summed E-state index contributed by atoms with van der Waals surface area (Å²) in [6.07, 6.45) is 9.50. The monoisotopic (exact) mass is 683 g/mol. The first-order valence-electron chi connectivity index (χ1n) is 18.1. The molecule has 270 valence electrons. The maximum Gasteiger partial charge on any atom is 0.289 e. The molecule has 3 aliphatic carbocycles. The number of Topliss-reactive ketones (excluding diaryl/α,β-unsaturated/α-hetero) is 1. The lowest BCUT2D eigenvalue weighted by Gasteiger charge is -2.38. The van der Waals surface area contributed by atoms with Gasteiger partial charge in [0.2, 0.25) is 29.4 Å². The van der Waals surface area contributed by atoms with Crippen molar-refractivity contribution >= 4 is 35.3 Å². The zero-order valence-electron chi connectivity index (χ0n) is 29.3. The maximum absolute atomic E-state index is 14.6. The molecule has 6 atom stereocenters. The van der Waals surface area contributed by atoms with E-state index in [1.807, 2.05) is 27.7 Å². The summed E-state index contributed by atoms with van der Waals surface area (Å²) in [5.74, 6) is -2.82. The molecule has 0 spiro atoms. The van der Waals surface area contributed by atoms with Crippen LogP contribution in [-0.4, -0.2) is 97.6 Å². The van der Waals surface area contributed by atoms with Crippen LogP contribution in [0.1, 0.15) is 111 Å². The van der Waals surface area contributed by atoms with Crippen molar-refractivity contribution in [2.24, 2.45) is 23.2 Å². The number of fused-ring (bicyclic) bond motifs is 1. The molecule has 0 bridgehead atoms. The van der Waals surface area contributed by atoms with Crippen LogP contribution in [0.25, 0.3) is 0 Å². The predicted molar refractivity (Wildman–Crippen MR) is 177 cm³/mol. The Balaban J connectivity index is 1.34. The van der Waals surface area contributed by atoms with Crippen LogP contribution in [-0.2, 0) is 35.2 Å². The van der Waals surface area contributed by atoms with Crippen LogP contribution in [0, 0.1) is 23.2 Å². The van der Waals surface area contributed by atoms with Crippen molar-refractivity contribution < 1.29 is 28.8 Å². The lowest BCUT2D eigenvalue weighted by molar-refractivity contribution is -0.146. The van der Waals surface area contributed by atoms with E-state index >= 15 is 0 Å². The van der Waals surface area contributed by atoms with Gasteiger partial charge in [0.1, 0.15) is 18.1 Å². The highest BCUT2D eigenvalue weighted by molar-refractivity contribution is 6.38. The van der Waals surface area contributed by atoms with Gasteiger partial charge in [0.25, 0.3) is 5.91 Å². The highest BCUT2D eigenvalue weighted by Crippen LogP contribution is 2.43. The minimum absolute atomic E-state index is 0.0119. The first-order valence-corrected chi connectivity index (χ1v) is 18.1. The predicted octanol–water partition coefficient (Wildman–Crippen LogP) is 1.10. The number of likely N-dealkylation sites (tertiary alicyclic amines) is 1. The van der Waals surface area contributed by atoms with Gasteiger partial charge >= 0.3 is 0 Å². The second-order valence-corrected chi connectivity index (χ2v) is 15.5. The molecular formula is C34H53N9O6. The molecule has 1 aromatic rings. The molecule has 4 aliphatic rings. The van der Waals surface area contributed by atoms with Crippen molar-refractivity contribution in [3.05, 3.63) is 5.82 Å². The number of aromatic amines is 1. The van der Waals surface area contributed by atoms with Crippen molar-refractivity contribution in [1.82, 2.24) is 46.8 Å².